The molecule has 134 valence electrons. The highest BCUT2D eigenvalue weighted by Crippen LogP contribution is 2.54. The van der Waals surface area contributed by atoms with E-state index in [9.17, 15) is 14.9 Å². The average Bonchev–Trinajstić information content (AvgIpc) is 2.51. The minimum Gasteiger partial charge on any atom is -0.490 e. The first-order valence-corrected chi connectivity index (χ1v) is 8.80. The van der Waals surface area contributed by atoms with Gasteiger partial charge in [0.05, 0.1) is 17.6 Å². The fourth-order valence-electron chi connectivity index (χ4n) is 4.48. The molecular formula is C20H25NO4. The molecular weight excluding hydrogens is 318 g/mol. The summed E-state index contributed by atoms with van der Waals surface area (Å²) >= 11 is 0. The molecule has 5 nitrogen and oxygen atoms in total. The maximum Gasteiger partial charge on any atom is 0.318 e. The summed E-state index contributed by atoms with van der Waals surface area (Å²) in [5, 5.41) is 12.0. The first kappa shape index (κ1) is 17.6. The van der Waals surface area contributed by atoms with Crippen LogP contribution in [0.3, 0.4) is 0 Å². The summed E-state index contributed by atoms with van der Waals surface area (Å²) in [6, 6.07) is 2.04. The van der Waals surface area contributed by atoms with Crippen LogP contribution in [0.25, 0.3) is 5.57 Å². The zero-order valence-electron chi connectivity index (χ0n) is 15.5. The second-order valence-electron chi connectivity index (χ2n) is 8.12. The van der Waals surface area contributed by atoms with Crippen molar-refractivity contribution in [3.63, 3.8) is 0 Å². The smallest absolute Gasteiger partial charge is 0.318 e. The lowest BCUT2D eigenvalue weighted by Gasteiger charge is -2.42. The van der Waals surface area contributed by atoms with Crippen LogP contribution in [-0.4, -0.2) is 17.8 Å². The van der Waals surface area contributed by atoms with Gasteiger partial charge in [-0.2, -0.15) is 0 Å². The van der Waals surface area contributed by atoms with Gasteiger partial charge in [0.15, 0.2) is 5.78 Å². The minimum atomic E-state index is -0.348. The van der Waals surface area contributed by atoms with E-state index in [1.54, 1.807) is 6.08 Å². The highest BCUT2D eigenvalue weighted by Gasteiger charge is 2.44. The predicted molar refractivity (Wildman–Crippen MR) is 96.9 cm³/mol. The number of carbonyl (C=O) groups excluding carboxylic acids is 1. The monoisotopic (exact) mass is 343 g/mol. The average molecular weight is 343 g/mol. The Bertz CT molecular complexity index is 789. The first-order chi connectivity index (χ1) is 11.7. The summed E-state index contributed by atoms with van der Waals surface area (Å²) in [5.74, 6) is 0.655. The molecule has 0 saturated carbocycles. The molecule has 0 saturated heterocycles. The maximum atomic E-state index is 12.3. The van der Waals surface area contributed by atoms with Crippen molar-refractivity contribution in [1.29, 1.82) is 0 Å². The van der Waals surface area contributed by atoms with Crippen molar-refractivity contribution in [1.82, 2.24) is 0 Å². The number of carbonyl (C=O) groups is 1. The van der Waals surface area contributed by atoms with E-state index in [-0.39, 0.29) is 33.6 Å². The van der Waals surface area contributed by atoms with Crippen molar-refractivity contribution in [2.75, 3.05) is 7.11 Å². The van der Waals surface area contributed by atoms with E-state index in [1.807, 2.05) is 19.9 Å². The van der Waals surface area contributed by atoms with Crippen LogP contribution < -0.4 is 4.74 Å². The second kappa shape index (κ2) is 5.97. The molecule has 1 atom stereocenters. The van der Waals surface area contributed by atoms with Gasteiger partial charge in [0, 0.05) is 12.0 Å². The third-order valence-corrected chi connectivity index (χ3v) is 5.63. The molecule has 1 aromatic carbocycles. The van der Waals surface area contributed by atoms with Gasteiger partial charge in [-0.1, -0.05) is 33.8 Å². The minimum absolute atomic E-state index is 0.0187. The number of nitro groups is 1. The van der Waals surface area contributed by atoms with Gasteiger partial charge in [-0.3, -0.25) is 14.9 Å². The maximum absolute atomic E-state index is 12.3. The van der Waals surface area contributed by atoms with E-state index < -0.39 is 0 Å². The Morgan fingerprint density at radius 1 is 1.36 bits per heavy atom. The normalized spacial score (nSPS) is 21.4. The van der Waals surface area contributed by atoms with E-state index >= 15 is 0 Å². The zero-order chi connectivity index (χ0) is 18.5. The molecule has 0 heterocycles. The third-order valence-electron chi connectivity index (χ3n) is 5.63. The van der Waals surface area contributed by atoms with Crippen LogP contribution in [0.1, 0.15) is 63.1 Å². The third kappa shape index (κ3) is 2.75. The molecule has 25 heavy (non-hydrogen) atoms. The Morgan fingerprint density at radius 3 is 2.60 bits per heavy atom. The highest BCUT2D eigenvalue weighted by molar-refractivity contribution is 6.01. The standard InChI is InChI=1S/C20H25NO4/c1-11(2)14-8-12-6-7-16-15(9-13(22)10-20(16,3)4)17(12)18(21(23)24)19(14)25-5/h8-9,11,16H,6-7,10H2,1-5H3. The van der Waals surface area contributed by atoms with Gasteiger partial charge in [0.1, 0.15) is 0 Å². The lowest BCUT2D eigenvalue weighted by Crippen LogP contribution is -2.34. The Hall–Kier alpha value is -2.17. The van der Waals surface area contributed by atoms with Crippen molar-refractivity contribution in [3.8, 4) is 5.75 Å². The molecule has 5 heteroatoms. The summed E-state index contributed by atoms with van der Waals surface area (Å²) in [6.07, 6.45) is 3.83. The largest absolute Gasteiger partial charge is 0.490 e. The van der Waals surface area contributed by atoms with Gasteiger partial charge in [-0.15, -0.1) is 0 Å². The zero-order valence-corrected chi connectivity index (χ0v) is 15.5. The SMILES string of the molecule is COc1c(C(C)C)cc2c(c1[N+](=O)[O-])C1=CC(=O)CC(C)(C)C1CC2. The van der Waals surface area contributed by atoms with Gasteiger partial charge in [0.25, 0.3) is 0 Å². The topological polar surface area (TPSA) is 69.4 Å². The molecule has 2 aliphatic carbocycles. The number of nitro benzene ring substituents is 1. The molecule has 0 fully saturated rings. The lowest BCUT2D eigenvalue weighted by atomic mass is 9.61. The number of ether oxygens (including phenoxy) is 1. The van der Waals surface area contributed by atoms with Crippen LogP contribution in [0, 0.1) is 21.4 Å². The molecule has 0 amide bonds. The Labute approximate surface area is 148 Å². The summed E-state index contributed by atoms with van der Waals surface area (Å²) < 4.78 is 5.47. The molecule has 0 aliphatic heterocycles. The Morgan fingerprint density at radius 2 is 2.04 bits per heavy atom. The molecule has 0 aromatic heterocycles. The number of nitrogens with zero attached hydrogens (tertiary/aromatic N) is 1. The van der Waals surface area contributed by atoms with Gasteiger partial charge >= 0.3 is 5.69 Å². The highest BCUT2D eigenvalue weighted by atomic mass is 16.6. The Balaban J connectivity index is 2.35. The van der Waals surface area contributed by atoms with Gasteiger partial charge in [-0.05, 0) is 47.3 Å². The van der Waals surface area contributed by atoms with E-state index in [4.69, 9.17) is 4.74 Å². The number of aryl methyl sites for hydroxylation is 1. The molecule has 0 bridgehead atoms. The summed E-state index contributed by atoms with van der Waals surface area (Å²) in [5.41, 5.74) is 3.09. The molecule has 1 aromatic rings. The van der Waals surface area contributed by atoms with Gasteiger partial charge in [-0.25, -0.2) is 0 Å². The van der Waals surface area contributed by atoms with Crippen LogP contribution in [-0.2, 0) is 11.2 Å². The number of methoxy groups -OCH3 is 1. The van der Waals surface area contributed by atoms with Crippen molar-refractivity contribution in [2.24, 2.45) is 11.3 Å². The Kier molecular flexibility index (Phi) is 4.21. The van der Waals surface area contributed by atoms with E-state index in [2.05, 4.69) is 13.8 Å². The number of rotatable bonds is 3. The fraction of sp³-hybridized carbons (Fsp3) is 0.550. The van der Waals surface area contributed by atoms with Crippen LogP contribution in [0.5, 0.6) is 5.75 Å². The number of benzene rings is 1. The number of hydrogen-bond acceptors (Lipinski definition) is 4. The molecule has 1 unspecified atom stereocenters. The fourth-order valence-corrected chi connectivity index (χ4v) is 4.48. The summed E-state index contributed by atoms with van der Waals surface area (Å²) in [6.45, 7) is 8.18. The first-order valence-electron chi connectivity index (χ1n) is 8.80. The molecule has 0 spiro atoms. The van der Waals surface area contributed by atoms with Crippen molar-refractivity contribution < 1.29 is 14.5 Å². The van der Waals surface area contributed by atoms with Crippen LogP contribution >= 0.6 is 0 Å². The summed E-state index contributed by atoms with van der Waals surface area (Å²) in [4.78, 5) is 23.9. The quantitative estimate of drug-likeness (QED) is 0.590. The van der Waals surface area contributed by atoms with E-state index in [0.29, 0.717) is 17.7 Å². The van der Waals surface area contributed by atoms with Crippen molar-refractivity contribution in [3.05, 3.63) is 38.9 Å². The number of ketones is 1. The van der Waals surface area contributed by atoms with Crippen LogP contribution in [0.2, 0.25) is 0 Å². The lowest BCUT2D eigenvalue weighted by molar-refractivity contribution is -0.386. The molecule has 2 aliphatic rings. The molecule has 0 radical (unpaired) electrons. The predicted octanol–water partition coefficient (Wildman–Crippen LogP) is 4.67. The summed E-state index contributed by atoms with van der Waals surface area (Å²) in [7, 11) is 1.48. The number of hydrogen-bond donors (Lipinski definition) is 0. The number of allylic oxidation sites excluding steroid dienone is 2. The van der Waals surface area contributed by atoms with Crippen molar-refractivity contribution in [2.45, 2.75) is 52.9 Å². The van der Waals surface area contributed by atoms with Crippen molar-refractivity contribution >= 4 is 17.0 Å². The van der Waals surface area contributed by atoms with Gasteiger partial charge in [0.2, 0.25) is 5.75 Å². The molecule has 0 N–H and O–H groups in total. The van der Waals surface area contributed by atoms with E-state index in [1.165, 1.54) is 7.11 Å². The molecule has 3 rings (SSSR count). The van der Waals surface area contributed by atoms with Crippen LogP contribution in [0.4, 0.5) is 5.69 Å². The van der Waals surface area contributed by atoms with E-state index in [0.717, 1.165) is 29.5 Å². The van der Waals surface area contributed by atoms with Crippen LogP contribution in [0.15, 0.2) is 12.1 Å². The number of fused-ring (bicyclic) bond motifs is 3. The van der Waals surface area contributed by atoms with Gasteiger partial charge < -0.3 is 4.74 Å². The second-order valence-corrected chi connectivity index (χ2v) is 8.12.